The lowest BCUT2D eigenvalue weighted by molar-refractivity contribution is 0.169. The molecule has 0 N–H and O–H groups in total. The number of nitrogens with zero attached hydrogens (tertiary/aromatic N) is 2. The van der Waals surface area contributed by atoms with E-state index in [-0.39, 0.29) is 0 Å². The minimum Gasteiger partial charge on any atom is -0.369 e. The third kappa shape index (κ3) is 3.48. The molecule has 1 aromatic carbocycles. The Bertz CT molecular complexity index is 419. The van der Waals surface area contributed by atoms with Crippen LogP contribution in [0.15, 0.2) is 24.3 Å². The molecule has 1 aliphatic carbocycles. The van der Waals surface area contributed by atoms with Gasteiger partial charge in [-0.05, 0) is 31.0 Å². The van der Waals surface area contributed by atoms with Crippen LogP contribution < -0.4 is 4.90 Å². The third-order valence-corrected chi connectivity index (χ3v) is 5.06. The maximum absolute atomic E-state index is 6.10. The fourth-order valence-electron chi connectivity index (χ4n) is 3.64. The van der Waals surface area contributed by atoms with E-state index in [1.165, 1.54) is 57.3 Å². The van der Waals surface area contributed by atoms with E-state index in [2.05, 4.69) is 28.0 Å². The Balaban J connectivity index is 1.56. The summed E-state index contributed by atoms with van der Waals surface area (Å²) in [5.74, 6) is 0. The quantitative estimate of drug-likeness (QED) is 0.754. The zero-order chi connectivity index (χ0) is 13.8. The highest BCUT2D eigenvalue weighted by Gasteiger charge is 2.24. The van der Waals surface area contributed by atoms with E-state index in [0.717, 1.165) is 24.2 Å². The molecular formula is C17H25ClN2. The molecule has 0 bridgehead atoms. The molecule has 3 heteroatoms. The predicted octanol–water partition coefficient (Wildman–Crippen LogP) is 4.18. The summed E-state index contributed by atoms with van der Waals surface area (Å²) in [7, 11) is 0. The van der Waals surface area contributed by atoms with Gasteiger partial charge < -0.3 is 4.90 Å². The first kappa shape index (κ1) is 14.2. The van der Waals surface area contributed by atoms with Crippen LogP contribution in [0.4, 0.5) is 5.69 Å². The Morgan fingerprint density at radius 1 is 0.900 bits per heavy atom. The van der Waals surface area contributed by atoms with Crippen molar-refractivity contribution < 1.29 is 0 Å². The molecule has 0 amide bonds. The highest BCUT2D eigenvalue weighted by molar-refractivity contribution is 6.30. The normalized spacial score (nSPS) is 22.8. The van der Waals surface area contributed by atoms with E-state index in [0.29, 0.717) is 0 Å². The zero-order valence-corrected chi connectivity index (χ0v) is 13.0. The number of hydrogen-bond acceptors (Lipinski definition) is 2. The molecule has 1 saturated carbocycles. The first-order valence-corrected chi connectivity index (χ1v) is 8.45. The lowest BCUT2D eigenvalue weighted by atomic mass is 10.1. The van der Waals surface area contributed by atoms with Crippen molar-refractivity contribution in [1.29, 1.82) is 0 Å². The highest BCUT2D eigenvalue weighted by atomic mass is 35.5. The summed E-state index contributed by atoms with van der Waals surface area (Å²) in [5, 5.41) is 0.841. The molecule has 0 unspecified atom stereocenters. The van der Waals surface area contributed by atoms with Gasteiger partial charge in [-0.1, -0.05) is 43.4 Å². The lowest BCUT2D eigenvalue weighted by Gasteiger charge is -2.40. The van der Waals surface area contributed by atoms with Crippen molar-refractivity contribution in [1.82, 2.24) is 4.90 Å². The summed E-state index contributed by atoms with van der Waals surface area (Å²) in [6.45, 7) is 4.68. The van der Waals surface area contributed by atoms with E-state index >= 15 is 0 Å². The second-order valence-corrected chi connectivity index (χ2v) is 6.58. The van der Waals surface area contributed by atoms with Gasteiger partial charge in [-0.3, -0.25) is 4.90 Å². The van der Waals surface area contributed by atoms with Crippen molar-refractivity contribution in [3.8, 4) is 0 Å². The topological polar surface area (TPSA) is 6.48 Å². The Hall–Kier alpha value is -0.730. The van der Waals surface area contributed by atoms with Crippen molar-refractivity contribution in [2.75, 3.05) is 31.1 Å². The number of benzene rings is 1. The summed E-state index contributed by atoms with van der Waals surface area (Å²) in [6, 6.07) is 9.11. The number of rotatable bonds is 2. The van der Waals surface area contributed by atoms with E-state index < -0.39 is 0 Å². The molecule has 2 aliphatic rings. The predicted molar refractivity (Wildman–Crippen MR) is 86.7 cm³/mol. The minimum absolute atomic E-state index is 0.841. The summed E-state index contributed by atoms with van der Waals surface area (Å²) in [4.78, 5) is 5.20. The Morgan fingerprint density at radius 3 is 2.25 bits per heavy atom. The van der Waals surface area contributed by atoms with Crippen LogP contribution >= 0.6 is 11.6 Å². The number of anilines is 1. The minimum atomic E-state index is 0.841. The fourth-order valence-corrected chi connectivity index (χ4v) is 3.83. The molecule has 1 aromatic rings. The molecule has 2 nitrogen and oxygen atoms in total. The number of halogens is 1. The molecule has 110 valence electrons. The van der Waals surface area contributed by atoms with Crippen molar-refractivity contribution in [2.45, 2.75) is 44.6 Å². The van der Waals surface area contributed by atoms with Crippen LogP contribution in [0.25, 0.3) is 0 Å². The summed E-state index contributed by atoms with van der Waals surface area (Å²) in [6.07, 6.45) is 8.57. The molecule has 0 atom stereocenters. The monoisotopic (exact) mass is 292 g/mol. The van der Waals surface area contributed by atoms with E-state index in [9.17, 15) is 0 Å². The van der Waals surface area contributed by atoms with Crippen LogP contribution in [-0.4, -0.2) is 37.1 Å². The van der Waals surface area contributed by atoms with Gasteiger partial charge in [-0.2, -0.15) is 0 Å². The SMILES string of the molecule is Clc1cccc(N2CCN(C3CCCCCC3)CC2)c1. The van der Waals surface area contributed by atoms with Gasteiger partial charge in [0.1, 0.15) is 0 Å². The van der Waals surface area contributed by atoms with E-state index in [4.69, 9.17) is 11.6 Å². The second kappa shape index (κ2) is 6.82. The van der Waals surface area contributed by atoms with Crippen LogP contribution in [0, 0.1) is 0 Å². The zero-order valence-electron chi connectivity index (χ0n) is 12.2. The molecule has 1 heterocycles. The van der Waals surface area contributed by atoms with Gasteiger partial charge in [0.2, 0.25) is 0 Å². The smallest absolute Gasteiger partial charge is 0.0426 e. The first-order valence-electron chi connectivity index (χ1n) is 8.07. The van der Waals surface area contributed by atoms with Crippen molar-refractivity contribution >= 4 is 17.3 Å². The Labute approximate surface area is 127 Å². The molecule has 1 aliphatic heterocycles. The van der Waals surface area contributed by atoms with Crippen LogP contribution in [-0.2, 0) is 0 Å². The molecule has 20 heavy (non-hydrogen) atoms. The summed E-state index contributed by atoms with van der Waals surface area (Å²) in [5.41, 5.74) is 1.28. The van der Waals surface area contributed by atoms with Crippen LogP contribution in [0.5, 0.6) is 0 Å². The Kier molecular flexibility index (Phi) is 4.85. The van der Waals surface area contributed by atoms with Crippen molar-refractivity contribution in [3.05, 3.63) is 29.3 Å². The van der Waals surface area contributed by atoms with Crippen LogP contribution in [0.3, 0.4) is 0 Å². The van der Waals surface area contributed by atoms with Gasteiger partial charge in [0.05, 0.1) is 0 Å². The summed E-state index contributed by atoms with van der Waals surface area (Å²) < 4.78 is 0. The standard InChI is InChI=1S/C17H25ClN2/c18-15-6-5-9-17(14-15)20-12-10-19(11-13-20)16-7-3-1-2-4-8-16/h5-6,9,14,16H,1-4,7-8,10-13H2. The second-order valence-electron chi connectivity index (χ2n) is 6.15. The fraction of sp³-hybridized carbons (Fsp3) is 0.647. The van der Waals surface area contributed by atoms with Gasteiger partial charge in [-0.15, -0.1) is 0 Å². The molecule has 0 aromatic heterocycles. The van der Waals surface area contributed by atoms with Gasteiger partial charge in [0, 0.05) is 42.9 Å². The molecule has 0 radical (unpaired) electrons. The largest absolute Gasteiger partial charge is 0.369 e. The molecular weight excluding hydrogens is 268 g/mol. The number of piperazine rings is 1. The maximum atomic E-state index is 6.10. The highest BCUT2D eigenvalue weighted by Crippen LogP contribution is 2.25. The Morgan fingerprint density at radius 2 is 1.60 bits per heavy atom. The number of hydrogen-bond donors (Lipinski definition) is 0. The van der Waals surface area contributed by atoms with E-state index in [1.807, 2.05) is 6.07 Å². The molecule has 0 spiro atoms. The van der Waals surface area contributed by atoms with Gasteiger partial charge in [0.25, 0.3) is 0 Å². The average Bonchev–Trinajstić information content (AvgIpc) is 2.76. The molecule has 3 rings (SSSR count). The maximum Gasteiger partial charge on any atom is 0.0426 e. The third-order valence-electron chi connectivity index (χ3n) is 4.83. The van der Waals surface area contributed by atoms with Crippen molar-refractivity contribution in [2.24, 2.45) is 0 Å². The van der Waals surface area contributed by atoms with Gasteiger partial charge in [-0.25, -0.2) is 0 Å². The van der Waals surface area contributed by atoms with Crippen molar-refractivity contribution in [3.63, 3.8) is 0 Å². The van der Waals surface area contributed by atoms with Gasteiger partial charge >= 0.3 is 0 Å². The molecule has 2 fully saturated rings. The lowest BCUT2D eigenvalue weighted by Crippen LogP contribution is -2.50. The first-order chi connectivity index (χ1) is 9.83. The average molecular weight is 293 g/mol. The van der Waals surface area contributed by atoms with E-state index in [1.54, 1.807) is 0 Å². The summed E-state index contributed by atoms with van der Waals surface area (Å²) >= 11 is 6.10. The van der Waals surface area contributed by atoms with Crippen LogP contribution in [0.1, 0.15) is 38.5 Å². The molecule has 1 saturated heterocycles. The van der Waals surface area contributed by atoms with Crippen LogP contribution in [0.2, 0.25) is 5.02 Å². The van der Waals surface area contributed by atoms with Gasteiger partial charge in [0.15, 0.2) is 0 Å².